The van der Waals surface area contributed by atoms with Crippen molar-refractivity contribution >= 4 is 0 Å². The minimum atomic E-state index is 0.395. The highest BCUT2D eigenvalue weighted by Crippen LogP contribution is 1.88. The Morgan fingerprint density at radius 2 is 2.50 bits per heavy atom. The standard InChI is InChI=1S/C6H10O2/c1-6(2)8-5-3-4-7/h3-4,7H,1,5H2,2H3. The molecular formula is C6H10O2. The Labute approximate surface area is 49.1 Å². The van der Waals surface area contributed by atoms with E-state index in [9.17, 15) is 0 Å². The second-order valence-electron chi connectivity index (χ2n) is 1.40. The molecule has 0 aromatic heterocycles. The lowest BCUT2D eigenvalue weighted by atomic mass is 10.6. The molecule has 0 aliphatic heterocycles. The van der Waals surface area contributed by atoms with E-state index in [4.69, 9.17) is 9.84 Å². The number of rotatable bonds is 3. The van der Waals surface area contributed by atoms with Crippen molar-refractivity contribution < 1.29 is 9.84 Å². The number of allylic oxidation sites excluding steroid dienone is 1. The Bertz CT molecular complexity index is 94.7. The predicted molar refractivity (Wildman–Crippen MR) is 32.5 cm³/mol. The smallest absolute Gasteiger partial charge is 0.109 e. The van der Waals surface area contributed by atoms with Gasteiger partial charge in [-0.3, -0.25) is 0 Å². The minimum Gasteiger partial charge on any atom is -0.516 e. The predicted octanol–water partition coefficient (Wildman–Crippen LogP) is 1.61. The fourth-order valence-corrected chi connectivity index (χ4v) is 0.233. The van der Waals surface area contributed by atoms with Gasteiger partial charge in [0.1, 0.15) is 6.61 Å². The zero-order valence-corrected chi connectivity index (χ0v) is 4.92. The molecule has 0 radical (unpaired) electrons. The van der Waals surface area contributed by atoms with Crippen LogP contribution in [0.4, 0.5) is 0 Å². The molecule has 8 heavy (non-hydrogen) atoms. The summed E-state index contributed by atoms with van der Waals surface area (Å²) in [5.41, 5.74) is 0. The lowest BCUT2D eigenvalue weighted by Crippen LogP contribution is -1.84. The number of hydrogen-bond donors (Lipinski definition) is 1. The average Bonchev–Trinajstić information content (AvgIpc) is 1.66. The van der Waals surface area contributed by atoms with Gasteiger partial charge in [0.15, 0.2) is 0 Å². The molecule has 0 atom stereocenters. The van der Waals surface area contributed by atoms with Crippen molar-refractivity contribution in [1.29, 1.82) is 0 Å². The zero-order valence-electron chi connectivity index (χ0n) is 4.92. The van der Waals surface area contributed by atoms with Crippen LogP contribution in [0.3, 0.4) is 0 Å². The number of aliphatic hydroxyl groups is 1. The molecule has 0 amide bonds. The summed E-state index contributed by atoms with van der Waals surface area (Å²) in [5.74, 6) is 0.656. The third-order valence-electron chi connectivity index (χ3n) is 0.531. The van der Waals surface area contributed by atoms with Crippen molar-refractivity contribution in [2.45, 2.75) is 6.92 Å². The normalized spacial score (nSPS) is 9.62. The summed E-state index contributed by atoms with van der Waals surface area (Å²) in [6.07, 6.45) is 2.44. The summed E-state index contributed by atoms with van der Waals surface area (Å²) < 4.78 is 4.84. The fraction of sp³-hybridized carbons (Fsp3) is 0.333. The summed E-state index contributed by atoms with van der Waals surface area (Å²) in [6, 6.07) is 0. The molecule has 0 fully saturated rings. The van der Waals surface area contributed by atoms with Gasteiger partial charge in [-0.1, -0.05) is 6.58 Å². The van der Waals surface area contributed by atoms with Crippen LogP contribution >= 0.6 is 0 Å². The monoisotopic (exact) mass is 114 g/mol. The maximum absolute atomic E-state index is 8.09. The van der Waals surface area contributed by atoms with E-state index in [0.717, 1.165) is 6.26 Å². The van der Waals surface area contributed by atoms with Crippen molar-refractivity contribution in [3.05, 3.63) is 24.7 Å². The summed E-state index contributed by atoms with van der Waals surface area (Å²) in [6.45, 7) is 5.64. The van der Waals surface area contributed by atoms with Gasteiger partial charge < -0.3 is 9.84 Å². The topological polar surface area (TPSA) is 29.5 Å². The molecule has 0 aliphatic rings. The Balaban J connectivity index is 3.05. The van der Waals surface area contributed by atoms with Crippen LogP contribution in [-0.4, -0.2) is 11.7 Å². The van der Waals surface area contributed by atoms with Crippen LogP contribution in [0.1, 0.15) is 6.92 Å². The van der Waals surface area contributed by atoms with Gasteiger partial charge in [0.05, 0.1) is 12.0 Å². The van der Waals surface area contributed by atoms with E-state index in [1.165, 1.54) is 6.08 Å². The minimum absolute atomic E-state index is 0.395. The van der Waals surface area contributed by atoms with Gasteiger partial charge in [-0.05, 0) is 13.0 Å². The maximum Gasteiger partial charge on any atom is 0.109 e. The van der Waals surface area contributed by atoms with Crippen LogP contribution in [0.2, 0.25) is 0 Å². The first-order valence-electron chi connectivity index (χ1n) is 2.35. The molecule has 0 bridgehead atoms. The van der Waals surface area contributed by atoms with Crippen molar-refractivity contribution in [3.8, 4) is 0 Å². The summed E-state index contributed by atoms with van der Waals surface area (Å²) >= 11 is 0. The van der Waals surface area contributed by atoms with Crippen LogP contribution in [0.15, 0.2) is 24.7 Å². The Morgan fingerprint density at radius 1 is 1.88 bits per heavy atom. The van der Waals surface area contributed by atoms with E-state index in [1.807, 2.05) is 0 Å². The number of aliphatic hydroxyl groups excluding tert-OH is 1. The van der Waals surface area contributed by atoms with Crippen LogP contribution in [0.25, 0.3) is 0 Å². The van der Waals surface area contributed by atoms with Gasteiger partial charge in [-0.2, -0.15) is 0 Å². The van der Waals surface area contributed by atoms with Crippen molar-refractivity contribution in [1.82, 2.24) is 0 Å². The second-order valence-corrected chi connectivity index (χ2v) is 1.40. The third kappa shape index (κ3) is 5.08. The molecule has 1 N–H and O–H groups in total. The molecule has 0 saturated carbocycles. The first-order valence-corrected chi connectivity index (χ1v) is 2.35. The lowest BCUT2D eigenvalue weighted by molar-refractivity contribution is 0.249. The van der Waals surface area contributed by atoms with Crippen LogP contribution in [0, 0.1) is 0 Å². The van der Waals surface area contributed by atoms with Gasteiger partial charge in [0, 0.05) is 0 Å². The number of ether oxygens (including phenoxy) is 1. The Hall–Kier alpha value is -0.920. The highest BCUT2D eigenvalue weighted by atomic mass is 16.5. The first kappa shape index (κ1) is 7.08. The van der Waals surface area contributed by atoms with Crippen LogP contribution < -0.4 is 0 Å². The number of hydrogen-bond acceptors (Lipinski definition) is 2. The first-order chi connectivity index (χ1) is 3.77. The van der Waals surface area contributed by atoms with Gasteiger partial charge in [0.25, 0.3) is 0 Å². The molecule has 0 saturated heterocycles. The van der Waals surface area contributed by atoms with E-state index < -0.39 is 0 Å². The van der Waals surface area contributed by atoms with E-state index in [-0.39, 0.29) is 0 Å². The Kier molecular flexibility index (Phi) is 3.76. The largest absolute Gasteiger partial charge is 0.516 e. The molecule has 0 aromatic rings. The lowest BCUT2D eigenvalue weighted by Gasteiger charge is -1.97. The van der Waals surface area contributed by atoms with Gasteiger partial charge in [0.2, 0.25) is 0 Å². The molecule has 0 rings (SSSR count). The summed E-state index contributed by atoms with van der Waals surface area (Å²) in [5, 5.41) is 8.09. The van der Waals surface area contributed by atoms with Gasteiger partial charge in [-0.25, -0.2) is 0 Å². The highest BCUT2D eigenvalue weighted by Gasteiger charge is 1.77. The SMILES string of the molecule is C=C(C)OCC=CO. The quantitative estimate of drug-likeness (QED) is 0.565. The summed E-state index contributed by atoms with van der Waals surface area (Å²) in [4.78, 5) is 0. The van der Waals surface area contributed by atoms with Gasteiger partial charge in [-0.15, -0.1) is 0 Å². The average molecular weight is 114 g/mol. The second kappa shape index (κ2) is 4.24. The van der Waals surface area contributed by atoms with Crippen molar-refractivity contribution in [2.24, 2.45) is 0 Å². The van der Waals surface area contributed by atoms with Crippen molar-refractivity contribution in [3.63, 3.8) is 0 Å². The molecule has 0 aromatic carbocycles. The molecule has 2 nitrogen and oxygen atoms in total. The molecule has 0 spiro atoms. The molecular weight excluding hydrogens is 104 g/mol. The fourth-order valence-electron chi connectivity index (χ4n) is 0.233. The van der Waals surface area contributed by atoms with Crippen molar-refractivity contribution in [2.75, 3.05) is 6.61 Å². The van der Waals surface area contributed by atoms with Crippen LogP contribution in [0.5, 0.6) is 0 Å². The van der Waals surface area contributed by atoms with E-state index in [0.29, 0.717) is 12.4 Å². The van der Waals surface area contributed by atoms with Crippen LogP contribution in [-0.2, 0) is 4.74 Å². The molecule has 46 valence electrons. The molecule has 0 heterocycles. The molecule has 0 aliphatic carbocycles. The van der Waals surface area contributed by atoms with E-state index >= 15 is 0 Å². The summed E-state index contributed by atoms with van der Waals surface area (Å²) in [7, 11) is 0. The highest BCUT2D eigenvalue weighted by molar-refractivity contribution is 4.78. The zero-order chi connectivity index (χ0) is 6.41. The van der Waals surface area contributed by atoms with E-state index in [2.05, 4.69) is 6.58 Å². The maximum atomic E-state index is 8.09. The molecule has 0 unspecified atom stereocenters. The Morgan fingerprint density at radius 3 is 2.88 bits per heavy atom. The van der Waals surface area contributed by atoms with E-state index in [1.54, 1.807) is 6.92 Å². The third-order valence-corrected chi connectivity index (χ3v) is 0.531. The van der Waals surface area contributed by atoms with Gasteiger partial charge >= 0.3 is 0 Å². The molecule has 2 heteroatoms.